The van der Waals surface area contributed by atoms with Gasteiger partial charge in [-0.15, -0.1) is 0 Å². The molecular formula is C9H21NOSi. The molecule has 12 heavy (non-hydrogen) atoms. The van der Waals surface area contributed by atoms with E-state index >= 15 is 0 Å². The Morgan fingerprint density at radius 1 is 1.17 bits per heavy atom. The van der Waals surface area contributed by atoms with Gasteiger partial charge in [-0.05, 0) is 32.5 Å². The third-order valence-corrected chi connectivity index (χ3v) is 3.27. The van der Waals surface area contributed by atoms with Crippen molar-refractivity contribution in [1.82, 2.24) is 0 Å². The van der Waals surface area contributed by atoms with Crippen LogP contribution in [0.5, 0.6) is 0 Å². The van der Waals surface area contributed by atoms with Crippen molar-refractivity contribution in [2.45, 2.75) is 57.5 Å². The third kappa shape index (κ3) is 3.25. The summed E-state index contributed by atoms with van der Waals surface area (Å²) in [5.41, 5.74) is 5.98. The maximum absolute atomic E-state index is 6.00. The van der Waals surface area contributed by atoms with Crippen molar-refractivity contribution >= 4 is 8.32 Å². The van der Waals surface area contributed by atoms with Crippen LogP contribution in [0.3, 0.4) is 0 Å². The van der Waals surface area contributed by atoms with Crippen molar-refractivity contribution in [3.05, 3.63) is 0 Å². The zero-order valence-corrected chi connectivity index (χ0v) is 9.47. The Hall–Kier alpha value is 0.137. The van der Waals surface area contributed by atoms with Gasteiger partial charge in [-0.3, -0.25) is 0 Å². The maximum Gasteiger partial charge on any atom is 0.184 e. The van der Waals surface area contributed by atoms with Crippen LogP contribution < -0.4 is 5.73 Å². The van der Waals surface area contributed by atoms with Crippen LogP contribution in [-0.4, -0.2) is 20.5 Å². The summed E-state index contributed by atoms with van der Waals surface area (Å²) in [6, 6.07) is 0.297. The zero-order chi connectivity index (χ0) is 9.19. The predicted molar refractivity (Wildman–Crippen MR) is 54.7 cm³/mol. The van der Waals surface area contributed by atoms with Crippen LogP contribution in [0.2, 0.25) is 19.6 Å². The SMILES string of the molecule is C[Si](C)(C)OC1CCCCC1N. The van der Waals surface area contributed by atoms with E-state index in [0.29, 0.717) is 12.1 Å². The van der Waals surface area contributed by atoms with Gasteiger partial charge in [0.05, 0.1) is 6.10 Å². The molecule has 0 spiro atoms. The van der Waals surface area contributed by atoms with Gasteiger partial charge in [0.15, 0.2) is 8.32 Å². The lowest BCUT2D eigenvalue weighted by Gasteiger charge is -2.33. The minimum atomic E-state index is -1.37. The molecule has 0 aliphatic heterocycles. The van der Waals surface area contributed by atoms with E-state index in [9.17, 15) is 0 Å². The first-order valence-corrected chi connectivity index (χ1v) is 8.33. The normalized spacial score (nSPS) is 32.0. The molecule has 1 saturated carbocycles. The molecule has 2 nitrogen and oxygen atoms in total. The molecular weight excluding hydrogens is 166 g/mol. The van der Waals surface area contributed by atoms with Crippen molar-refractivity contribution in [2.75, 3.05) is 0 Å². The summed E-state index contributed by atoms with van der Waals surface area (Å²) in [5, 5.41) is 0. The fourth-order valence-corrected chi connectivity index (χ4v) is 2.93. The van der Waals surface area contributed by atoms with E-state index in [1.165, 1.54) is 19.3 Å². The molecule has 3 heteroatoms. The number of hydrogen-bond acceptors (Lipinski definition) is 2. The first kappa shape index (κ1) is 10.2. The monoisotopic (exact) mass is 187 g/mol. The molecule has 2 atom stereocenters. The molecule has 1 aliphatic carbocycles. The Labute approximate surface area is 76.6 Å². The van der Waals surface area contributed by atoms with Gasteiger partial charge in [0.2, 0.25) is 0 Å². The molecule has 2 unspecified atom stereocenters. The smallest absolute Gasteiger partial charge is 0.184 e. The molecule has 0 aromatic rings. The molecule has 0 amide bonds. The van der Waals surface area contributed by atoms with Crippen LogP contribution in [0, 0.1) is 0 Å². The molecule has 1 aliphatic rings. The van der Waals surface area contributed by atoms with Gasteiger partial charge in [0, 0.05) is 6.04 Å². The average Bonchev–Trinajstić information content (AvgIpc) is 1.91. The number of hydrogen-bond donors (Lipinski definition) is 1. The average molecular weight is 187 g/mol. The van der Waals surface area contributed by atoms with Gasteiger partial charge in [-0.2, -0.15) is 0 Å². The molecule has 72 valence electrons. The molecule has 1 rings (SSSR count). The van der Waals surface area contributed by atoms with Crippen LogP contribution in [0.1, 0.15) is 25.7 Å². The molecule has 0 aromatic carbocycles. The summed E-state index contributed by atoms with van der Waals surface area (Å²) in [4.78, 5) is 0. The molecule has 0 saturated heterocycles. The van der Waals surface area contributed by atoms with E-state index in [-0.39, 0.29) is 0 Å². The van der Waals surface area contributed by atoms with E-state index in [1.54, 1.807) is 0 Å². The Bertz CT molecular complexity index is 144. The molecule has 1 fully saturated rings. The summed E-state index contributed by atoms with van der Waals surface area (Å²) >= 11 is 0. The lowest BCUT2D eigenvalue weighted by molar-refractivity contribution is 0.125. The number of nitrogens with two attached hydrogens (primary N) is 1. The Kier molecular flexibility index (Phi) is 3.32. The first-order valence-electron chi connectivity index (χ1n) is 4.92. The van der Waals surface area contributed by atoms with Crippen LogP contribution in [-0.2, 0) is 4.43 Å². The Morgan fingerprint density at radius 2 is 1.75 bits per heavy atom. The summed E-state index contributed by atoms with van der Waals surface area (Å²) < 4.78 is 6.00. The van der Waals surface area contributed by atoms with E-state index in [1.807, 2.05) is 0 Å². The highest BCUT2D eigenvalue weighted by molar-refractivity contribution is 6.69. The van der Waals surface area contributed by atoms with E-state index in [4.69, 9.17) is 10.2 Å². The van der Waals surface area contributed by atoms with Crippen molar-refractivity contribution in [2.24, 2.45) is 5.73 Å². The van der Waals surface area contributed by atoms with Crippen molar-refractivity contribution < 1.29 is 4.43 Å². The highest BCUT2D eigenvalue weighted by Crippen LogP contribution is 2.22. The van der Waals surface area contributed by atoms with Gasteiger partial charge < -0.3 is 10.2 Å². The van der Waals surface area contributed by atoms with Crippen LogP contribution in [0.15, 0.2) is 0 Å². The lowest BCUT2D eigenvalue weighted by atomic mass is 9.93. The van der Waals surface area contributed by atoms with E-state index in [2.05, 4.69) is 19.6 Å². The van der Waals surface area contributed by atoms with Crippen LogP contribution in [0.25, 0.3) is 0 Å². The second-order valence-corrected chi connectivity index (χ2v) is 9.18. The molecule has 0 heterocycles. The Morgan fingerprint density at radius 3 is 2.25 bits per heavy atom. The second kappa shape index (κ2) is 3.90. The quantitative estimate of drug-likeness (QED) is 0.672. The van der Waals surface area contributed by atoms with Crippen molar-refractivity contribution in [1.29, 1.82) is 0 Å². The highest BCUT2D eigenvalue weighted by Gasteiger charge is 2.27. The molecule has 0 radical (unpaired) electrons. The minimum Gasteiger partial charge on any atom is -0.413 e. The first-order chi connectivity index (χ1) is 5.49. The maximum atomic E-state index is 6.00. The van der Waals surface area contributed by atoms with Crippen molar-refractivity contribution in [3.8, 4) is 0 Å². The molecule has 2 N–H and O–H groups in total. The second-order valence-electron chi connectivity index (χ2n) is 4.72. The number of rotatable bonds is 2. The van der Waals surface area contributed by atoms with E-state index < -0.39 is 8.32 Å². The van der Waals surface area contributed by atoms with Gasteiger partial charge in [0.25, 0.3) is 0 Å². The van der Waals surface area contributed by atoms with Gasteiger partial charge in [0.1, 0.15) is 0 Å². The zero-order valence-electron chi connectivity index (χ0n) is 8.47. The van der Waals surface area contributed by atoms with Gasteiger partial charge in [-0.1, -0.05) is 12.8 Å². The van der Waals surface area contributed by atoms with Crippen molar-refractivity contribution in [3.63, 3.8) is 0 Å². The van der Waals surface area contributed by atoms with Gasteiger partial charge in [-0.25, -0.2) is 0 Å². The Balaban J connectivity index is 2.39. The topological polar surface area (TPSA) is 35.2 Å². The third-order valence-electron chi connectivity index (χ3n) is 2.26. The minimum absolute atomic E-state index is 0.297. The van der Waals surface area contributed by atoms with Crippen LogP contribution in [0.4, 0.5) is 0 Å². The molecule has 0 bridgehead atoms. The fraction of sp³-hybridized carbons (Fsp3) is 1.00. The lowest BCUT2D eigenvalue weighted by Crippen LogP contribution is -2.45. The molecule has 0 aromatic heterocycles. The summed E-state index contributed by atoms with van der Waals surface area (Å²) in [6.07, 6.45) is 5.25. The van der Waals surface area contributed by atoms with E-state index in [0.717, 1.165) is 6.42 Å². The van der Waals surface area contributed by atoms with Gasteiger partial charge >= 0.3 is 0 Å². The summed E-state index contributed by atoms with van der Waals surface area (Å²) in [7, 11) is -1.37. The fourth-order valence-electron chi connectivity index (χ4n) is 1.73. The largest absolute Gasteiger partial charge is 0.413 e. The standard InChI is InChI=1S/C9H21NOSi/c1-12(2,3)11-9-7-5-4-6-8(9)10/h8-9H,4-7,10H2,1-3H3. The van der Waals surface area contributed by atoms with Crippen LogP contribution >= 0.6 is 0 Å². The highest BCUT2D eigenvalue weighted by atomic mass is 28.4. The summed E-state index contributed by atoms with van der Waals surface area (Å²) in [6.45, 7) is 6.69. The predicted octanol–water partition coefficient (Wildman–Crippen LogP) is 2.11. The summed E-state index contributed by atoms with van der Waals surface area (Å²) in [5.74, 6) is 0.